The molecule has 1 aromatic heterocycles. The highest BCUT2D eigenvalue weighted by Crippen LogP contribution is 2.28. The Bertz CT molecular complexity index is 373. The highest BCUT2D eigenvalue weighted by atomic mass is 16.5. The van der Waals surface area contributed by atoms with Crippen LogP contribution in [0.4, 0.5) is 0 Å². The predicted octanol–water partition coefficient (Wildman–Crippen LogP) is 0.103. The van der Waals surface area contributed by atoms with Crippen molar-refractivity contribution >= 4 is 0 Å². The van der Waals surface area contributed by atoms with E-state index in [4.69, 9.17) is 9.47 Å². The van der Waals surface area contributed by atoms with E-state index in [0.29, 0.717) is 24.4 Å². The van der Waals surface area contributed by atoms with Gasteiger partial charge in [0.1, 0.15) is 6.10 Å². The van der Waals surface area contributed by atoms with Crippen molar-refractivity contribution < 1.29 is 19.7 Å². The minimum absolute atomic E-state index is 0.255. The monoisotopic (exact) mass is 256 g/mol. The molecule has 2 unspecified atom stereocenters. The van der Waals surface area contributed by atoms with Crippen molar-refractivity contribution in [2.45, 2.75) is 18.6 Å². The molecule has 0 spiro atoms. The summed E-state index contributed by atoms with van der Waals surface area (Å²) in [4.78, 5) is 4.06. The van der Waals surface area contributed by atoms with Gasteiger partial charge in [0.2, 0.25) is 11.8 Å². The van der Waals surface area contributed by atoms with Gasteiger partial charge in [-0.25, -0.2) is 0 Å². The highest BCUT2D eigenvalue weighted by Gasteiger charge is 2.22. The summed E-state index contributed by atoms with van der Waals surface area (Å²) < 4.78 is 10.1. The molecule has 102 valence electrons. The van der Waals surface area contributed by atoms with Crippen LogP contribution in [0.5, 0.6) is 11.8 Å². The van der Waals surface area contributed by atoms with Gasteiger partial charge in [0.05, 0.1) is 20.3 Å². The van der Waals surface area contributed by atoms with Crippen LogP contribution in [-0.4, -0.2) is 49.1 Å². The summed E-state index contributed by atoms with van der Waals surface area (Å²) in [5.41, 5.74) is 0.446. The number of aromatic nitrogens is 1. The van der Waals surface area contributed by atoms with Gasteiger partial charge in [-0.1, -0.05) is 0 Å². The van der Waals surface area contributed by atoms with Crippen LogP contribution in [0.2, 0.25) is 0 Å². The third kappa shape index (κ3) is 3.56. The Kier molecular flexibility index (Phi) is 5.84. The zero-order chi connectivity index (χ0) is 13.5. The van der Waals surface area contributed by atoms with Gasteiger partial charge in [-0.05, 0) is 26.1 Å². The molecule has 2 atom stereocenters. The number of methoxy groups -OCH3 is 2. The lowest BCUT2D eigenvalue weighted by molar-refractivity contribution is 0.0123. The number of pyridine rings is 1. The molecule has 0 fully saturated rings. The van der Waals surface area contributed by atoms with Crippen molar-refractivity contribution in [3.63, 3.8) is 0 Å². The van der Waals surface area contributed by atoms with E-state index in [1.165, 1.54) is 14.2 Å². The van der Waals surface area contributed by atoms with Gasteiger partial charge < -0.3 is 25.0 Å². The van der Waals surface area contributed by atoms with E-state index in [-0.39, 0.29) is 5.88 Å². The fourth-order valence-electron chi connectivity index (χ4n) is 1.59. The van der Waals surface area contributed by atoms with Crippen LogP contribution in [0.1, 0.15) is 18.1 Å². The number of ether oxygens (including phenoxy) is 2. The Balaban J connectivity index is 2.86. The molecule has 1 aromatic rings. The van der Waals surface area contributed by atoms with E-state index in [1.54, 1.807) is 19.2 Å². The first-order valence-corrected chi connectivity index (χ1v) is 5.73. The normalized spacial score (nSPS) is 14.1. The molecular weight excluding hydrogens is 236 g/mol. The predicted molar refractivity (Wildman–Crippen MR) is 66.9 cm³/mol. The molecule has 0 aliphatic carbocycles. The molecule has 0 aliphatic rings. The van der Waals surface area contributed by atoms with E-state index >= 15 is 0 Å². The topological polar surface area (TPSA) is 83.8 Å². The molecule has 0 aromatic carbocycles. The first-order chi connectivity index (χ1) is 8.63. The standard InChI is InChI=1S/C12H20N2O4/c1-13-7-6-9(15)11(16)8-4-5-10(17-2)14-12(8)18-3/h4-5,9,11,13,15-16H,6-7H2,1-3H3. The molecule has 0 amide bonds. The van der Waals surface area contributed by atoms with Gasteiger partial charge >= 0.3 is 0 Å². The SMILES string of the molecule is CNCCC(O)C(O)c1ccc(OC)nc1OC. The third-order valence-electron chi connectivity index (χ3n) is 2.64. The Labute approximate surface area is 107 Å². The largest absolute Gasteiger partial charge is 0.481 e. The minimum atomic E-state index is -1.04. The summed E-state index contributed by atoms with van der Waals surface area (Å²) in [6, 6.07) is 3.25. The highest BCUT2D eigenvalue weighted by molar-refractivity contribution is 5.33. The summed E-state index contributed by atoms with van der Waals surface area (Å²) in [5.74, 6) is 0.651. The lowest BCUT2D eigenvalue weighted by atomic mass is 10.0. The minimum Gasteiger partial charge on any atom is -0.481 e. The van der Waals surface area contributed by atoms with E-state index in [1.807, 2.05) is 0 Å². The van der Waals surface area contributed by atoms with Crippen LogP contribution in [0.3, 0.4) is 0 Å². The first kappa shape index (κ1) is 14.7. The number of hydrogen-bond acceptors (Lipinski definition) is 6. The zero-order valence-electron chi connectivity index (χ0n) is 10.9. The van der Waals surface area contributed by atoms with Crippen molar-refractivity contribution in [3.8, 4) is 11.8 Å². The Morgan fingerprint density at radius 1 is 1.28 bits per heavy atom. The summed E-state index contributed by atoms with van der Waals surface area (Å²) in [6.45, 7) is 0.615. The van der Waals surface area contributed by atoms with Crippen LogP contribution in [0, 0.1) is 0 Å². The molecule has 6 nitrogen and oxygen atoms in total. The van der Waals surface area contributed by atoms with E-state index < -0.39 is 12.2 Å². The van der Waals surface area contributed by atoms with Crippen LogP contribution in [-0.2, 0) is 0 Å². The zero-order valence-corrected chi connectivity index (χ0v) is 10.9. The molecule has 0 saturated heterocycles. The Morgan fingerprint density at radius 3 is 2.56 bits per heavy atom. The lowest BCUT2D eigenvalue weighted by Crippen LogP contribution is -2.23. The lowest BCUT2D eigenvalue weighted by Gasteiger charge is -2.19. The van der Waals surface area contributed by atoms with Crippen LogP contribution in [0.15, 0.2) is 12.1 Å². The molecular formula is C12H20N2O4. The van der Waals surface area contributed by atoms with Crippen molar-refractivity contribution in [2.24, 2.45) is 0 Å². The molecule has 1 heterocycles. The van der Waals surface area contributed by atoms with E-state index in [2.05, 4.69) is 10.3 Å². The fourth-order valence-corrected chi connectivity index (χ4v) is 1.59. The summed E-state index contributed by atoms with van der Waals surface area (Å²) in [7, 11) is 4.74. The van der Waals surface area contributed by atoms with Crippen LogP contribution < -0.4 is 14.8 Å². The van der Waals surface area contributed by atoms with Gasteiger partial charge in [-0.3, -0.25) is 0 Å². The number of aliphatic hydroxyl groups excluding tert-OH is 2. The average molecular weight is 256 g/mol. The van der Waals surface area contributed by atoms with E-state index in [9.17, 15) is 10.2 Å². The smallest absolute Gasteiger partial charge is 0.222 e. The maximum absolute atomic E-state index is 10.1. The molecule has 0 aliphatic heterocycles. The second-order valence-corrected chi connectivity index (χ2v) is 3.86. The van der Waals surface area contributed by atoms with Gasteiger partial charge in [0.25, 0.3) is 0 Å². The molecule has 0 saturated carbocycles. The van der Waals surface area contributed by atoms with Gasteiger partial charge in [-0.2, -0.15) is 4.98 Å². The second kappa shape index (κ2) is 7.15. The first-order valence-electron chi connectivity index (χ1n) is 5.73. The molecule has 3 N–H and O–H groups in total. The maximum atomic E-state index is 10.1. The number of aliphatic hydroxyl groups is 2. The number of nitrogens with one attached hydrogen (secondary N) is 1. The Morgan fingerprint density at radius 2 is 2.00 bits per heavy atom. The summed E-state index contributed by atoms with van der Waals surface area (Å²) in [5, 5.41) is 22.8. The quantitative estimate of drug-likeness (QED) is 0.642. The molecule has 6 heteroatoms. The van der Waals surface area contributed by atoms with Crippen molar-refractivity contribution in [2.75, 3.05) is 27.8 Å². The number of rotatable bonds is 7. The maximum Gasteiger partial charge on any atom is 0.222 e. The second-order valence-electron chi connectivity index (χ2n) is 3.86. The van der Waals surface area contributed by atoms with Crippen LogP contribution in [0.25, 0.3) is 0 Å². The fraction of sp³-hybridized carbons (Fsp3) is 0.583. The number of hydrogen-bond donors (Lipinski definition) is 3. The average Bonchev–Trinajstić information content (AvgIpc) is 2.43. The Hall–Kier alpha value is -1.37. The van der Waals surface area contributed by atoms with Crippen molar-refractivity contribution in [1.29, 1.82) is 0 Å². The van der Waals surface area contributed by atoms with Gasteiger partial charge in [0, 0.05) is 11.6 Å². The summed E-state index contributed by atoms with van der Waals surface area (Å²) >= 11 is 0. The molecule has 18 heavy (non-hydrogen) atoms. The summed E-state index contributed by atoms with van der Waals surface area (Å²) in [6.07, 6.45) is -1.47. The van der Waals surface area contributed by atoms with Crippen molar-refractivity contribution in [1.82, 2.24) is 10.3 Å². The van der Waals surface area contributed by atoms with Crippen molar-refractivity contribution in [3.05, 3.63) is 17.7 Å². The molecule has 0 radical (unpaired) electrons. The van der Waals surface area contributed by atoms with E-state index in [0.717, 1.165) is 0 Å². The van der Waals surface area contributed by atoms with Gasteiger partial charge in [-0.15, -0.1) is 0 Å². The molecule has 1 rings (SSSR count). The third-order valence-corrected chi connectivity index (χ3v) is 2.64. The van der Waals surface area contributed by atoms with Gasteiger partial charge in [0.15, 0.2) is 0 Å². The number of nitrogens with zero attached hydrogens (tertiary/aromatic N) is 1. The molecule has 0 bridgehead atoms. The van der Waals surface area contributed by atoms with Crippen LogP contribution >= 0.6 is 0 Å².